The van der Waals surface area contributed by atoms with Crippen LogP contribution < -0.4 is 0 Å². The molecule has 9 heteroatoms. The summed E-state index contributed by atoms with van der Waals surface area (Å²) in [5.74, 6) is -7.96. The summed E-state index contributed by atoms with van der Waals surface area (Å²) < 4.78 is 63.4. The highest BCUT2D eigenvalue weighted by molar-refractivity contribution is 5.77. The molecule has 1 amide bonds. The predicted molar refractivity (Wildman–Crippen MR) is 133 cm³/mol. The van der Waals surface area contributed by atoms with E-state index >= 15 is 0 Å². The van der Waals surface area contributed by atoms with Crippen molar-refractivity contribution in [3.63, 3.8) is 0 Å². The number of rotatable bonds is 4. The Bertz CT molecular complexity index is 1310. The first-order valence-electron chi connectivity index (χ1n) is 13.1. The van der Waals surface area contributed by atoms with Crippen molar-refractivity contribution in [1.29, 1.82) is 0 Å². The molecule has 1 N–H and O–H groups in total. The van der Waals surface area contributed by atoms with E-state index in [4.69, 9.17) is 4.74 Å². The number of alkyl halides is 4. The van der Waals surface area contributed by atoms with Crippen molar-refractivity contribution in [3.8, 4) is 11.1 Å². The number of halogens is 4. The second-order valence-electron chi connectivity index (χ2n) is 12.4. The van der Waals surface area contributed by atoms with E-state index in [1.165, 1.54) is 12.1 Å². The number of benzene rings is 2. The van der Waals surface area contributed by atoms with Crippen molar-refractivity contribution in [2.45, 2.75) is 70.1 Å². The van der Waals surface area contributed by atoms with E-state index in [-0.39, 0.29) is 17.1 Å². The van der Waals surface area contributed by atoms with Crippen LogP contribution in [-0.2, 0) is 35.1 Å². The predicted octanol–water partition coefficient (Wildman–Crippen LogP) is 5.76. The maximum atomic E-state index is 14.5. The van der Waals surface area contributed by atoms with Crippen LogP contribution in [0.5, 0.6) is 0 Å². The molecule has 2 aromatic rings. The van der Waals surface area contributed by atoms with Gasteiger partial charge in [-0.15, -0.1) is 0 Å². The average Bonchev–Trinajstić information content (AvgIpc) is 3.27. The van der Waals surface area contributed by atoms with Crippen LogP contribution >= 0.6 is 0 Å². The average molecular weight is 533 g/mol. The van der Waals surface area contributed by atoms with E-state index in [1.54, 1.807) is 4.90 Å². The lowest BCUT2D eigenvalue weighted by Gasteiger charge is -2.58. The summed E-state index contributed by atoms with van der Waals surface area (Å²) in [5.41, 5.74) is -2.24. The van der Waals surface area contributed by atoms with Gasteiger partial charge in [0, 0.05) is 54.8 Å². The summed E-state index contributed by atoms with van der Waals surface area (Å²) >= 11 is 0. The van der Waals surface area contributed by atoms with Gasteiger partial charge < -0.3 is 14.7 Å². The lowest BCUT2D eigenvalue weighted by Crippen LogP contribution is -2.70. The van der Waals surface area contributed by atoms with Crippen molar-refractivity contribution >= 4 is 6.09 Å². The standard InChI is InChI=1S/C29H32F4N2O3/c1-5-18-10-17(13-34-14-26(15-34)8-9-35(16-26)24(36)38-25(2,3)4)6-7-20(18)19-11-21-23-22(12-19)29(32,33)27(23,37)28(21,30)31/h6-7,10-12,37H,5,8-9,13-16H2,1-4H3. The first kappa shape index (κ1) is 25.6. The lowest BCUT2D eigenvalue weighted by molar-refractivity contribution is -0.352. The van der Waals surface area contributed by atoms with Crippen LogP contribution in [0, 0.1) is 5.41 Å². The van der Waals surface area contributed by atoms with Gasteiger partial charge in [-0.25, -0.2) is 4.79 Å². The molecule has 2 aliphatic heterocycles. The van der Waals surface area contributed by atoms with Gasteiger partial charge in [-0.1, -0.05) is 25.1 Å². The third-order valence-electron chi connectivity index (χ3n) is 8.56. The third kappa shape index (κ3) is 3.33. The zero-order valence-electron chi connectivity index (χ0n) is 22.0. The number of nitrogens with zero attached hydrogens (tertiary/aromatic N) is 2. The smallest absolute Gasteiger partial charge is 0.410 e. The maximum Gasteiger partial charge on any atom is 0.410 e. The molecule has 2 saturated heterocycles. The quantitative estimate of drug-likeness (QED) is 0.509. The highest BCUT2D eigenvalue weighted by atomic mass is 19.3. The summed E-state index contributed by atoms with van der Waals surface area (Å²) in [6.45, 7) is 11.3. The highest BCUT2D eigenvalue weighted by Crippen LogP contribution is 2.75. The van der Waals surface area contributed by atoms with Crippen LogP contribution in [0.4, 0.5) is 22.4 Å². The van der Waals surface area contributed by atoms with E-state index in [0.717, 1.165) is 30.6 Å². The molecule has 0 saturated carbocycles. The Morgan fingerprint density at radius 1 is 1.03 bits per heavy atom. The van der Waals surface area contributed by atoms with Crippen LogP contribution in [0.3, 0.4) is 0 Å². The molecule has 38 heavy (non-hydrogen) atoms. The normalized spacial score (nSPS) is 23.3. The number of aliphatic hydroxyl groups is 1. The summed E-state index contributed by atoms with van der Waals surface area (Å²) in [6, 6.07) is 8.23. The molecule has 2 fully saturated rings. The molecule has 0 atom stereocenters. The zero-order chi connectivity index (χ0) is 27.5. The number of aryl methyl sites for hydroxylation is 1. The van der Waals surface area contributed by atoms with Gasteiger partial charge in [0.25, 0.3) is 0 Å². The fourth-order valence-electron chi connectivity index (χ4n) is 6.73. The molecular formula is C29H32F4N2O3. The van der Waals surface area contributed by atoms with E-state index in [2.05, 4.69) is 4.90 Å². The van der Waals surface area contributed by atoms with E-state index in [9.17, 15) is 27.5 Å². The lowest BCUT2D eigenvalue weighted by atomic mass is 9.53. The van der Waals surface area contributed by atoms with Crippen molar-refractivity contribution < 1.29 is 32.2 Å². The minimum absolute atomic E-state index is 0.0822. The monoisotopic (exact) mass is 532 g/mol. The molecule has 0 unspecified atom stereocenters. The molecule has 2 heterocycles. The summed E-state index contributed by atoms with van der Waals surface area (Å²) in [4.78, 5) is 16.5. The third-order valence-corrected chi connectivity index (χ3v) is 8.56. The van der Waals surface area contributed by atoms with Gasteiger partial charge in [-0.05, 0) is 68.0 Å². The van der Waals surface area contributed by atoms with Crippen molar-refractivity contribution in [1.82, 2.24) is 9.80 Å². The van der Waals surface area contributed by atoms with Gasteiger partial charge in [-0.3, -0.25) is 4.90 Å². The number of carbonyl (C=O) groups is 1. The summed E-state index contributed by atoms with van der Waals surface area (Å²) in [6.07, 6.45) is 1.28. The zero-order valence-corrected chi connectivity index (χ0v) is 22.0. The Labute approximate surface area is 219 Å². The molecule has 204 valence electrons. The maximum absolute atomic E-state index is 14.5. The SMILES string of the molecule is CCc1cc(CN2CC3(CCN(C(=O)OC(C)(C)C)C3)C2)ccc1-c1cc2c3c(c1)C(F)(F)C3(O)C2(F)F. The van der Waals surface area contributed by atoms with Gasteiger partial charge in [0.05, 0.1) is 0 Å². The summed E-state index contributed by atoms with van der Waals surface area (Å²) in [5, 5.41) is 9.94. The molecule has 0 aromatic heterocycles. The van der Waals surface area contributed by atoms with Crippen LogP contribution in [0.15, 0.2) is 30.3 Å². The van der Waals surface area contributed by atoms with Crippen LogP contribution in [0.2, 0.25) is 0 Å². The van der Waals surface area contributed by atoms with E-state index in [0.29, 0.717) is 37.2 Å². The van der Waals surface area contributed by atoms with Gasteiger partial charge in [0.15, 0.2) is 0 Å². The number of hydrogen-bond donors (Lipinski definition) is 1. The largest absolute Gasteiger partial charge is 0.444 e. The molecule has 0 bridgehead atoms. The molecule has 6 rings (SSSR count). The Morgan fingerprint density at radius 3 is 2.24 bits per heavy atom. The fourth-order valence-corrected chi connectivity index (χ4v) is 6.73. The number of amides is 1. The van der Waals surface area contributed by atoms with Crippen molar-refractivity contribution in [2.75, 3.05) is 26.2 Å². The van der Waals surface area contributed by atoms with Gasteiger partial charge >= 0.3 is 17.9 Å². The number of ether oxygens (including phenoxy) is 1. The number of hydrogen-bond acceptors (Lipinski definition) is 4. The highest BCUT2D eigenvalue weighted by Gasteiger charge is 2.85. The number of likely N-dealkylation sites (tertiary alicyclic amines) is 2. The fraction of sp³-hybridized carbons (Fsp3) is 0.552. The van der Waals surface area contributed by atoms with Crippen LogP contribution in [-0.4, -0.2) is 52.8 Å². The number of carbonyl (C=O) groups excluding carboxylic acids is 1. The molecule has 2 aromatic carbocycles. The van der Waals surface area contributed by atoms with E-state index in [1.807, 2.05) is 45.9 Å². The van der Waals surface area contributed by atoms with E-state index < -0.39 is 34.2 Å². The van der Waals surface area contributed by atoms with Crippen LogP contribution in [0.25, 0.3) is 11.1 Å². The van der Waals surface area contributed by atoms with Gasteiger partial charge in [0.1, 0.15) is 5.60 Å². The Morgan fingerprint density at radius 2 is 1.66 bits per heavy atom. The first-order valence-corrected chi connectivity index (χ1v) is 13.1. The summed E-state index contributed by atoms with van der Waals surface area (Å²) in [7, 11) is 0. The minimum atomic E-state index is -3.98. The second-order valence-corrected chi connectivity index (χ2v) is 12.4. The molecular weight excluding hydrogens is 500 g/mol. The Kier molecular flexibility index (Phi) is 5.20. The van der Waals surface area contributed by atoms with Crippen LogP contribution in [0.1, 0.15) is 61.9 Å². The Hall–Kier alpha value is -2.65. The molecule has 2 aliphatic carbocycles. The molecule has 1 spiro atoms. The van der Waals surface area contributed by atoms with Gasteiger partial charge in [0.2, 0.25) is 5.60 Å². The van der Waals surface area contributed by atoms with Crippen molar-refractivity contribution in [3.05, 3.63) is 58.1 Å². The minimum Gasteiger partial charge on any atom is -0.444 e. The molecule has 4 aliphatic rings. The second kappa shape index (κ2) is 7.72. The first-order chi connectivity index (χ1) is 17.6. The molecule has 5 nitrogen and oxygen atoms in total. The van der Waals surface area contributed by atoms with Gasteiger partial charge in [-0.2, -0.15) is 17.6 Å². The topological polar surface area (TPSA) is 53.0 Å². The molecule has 0 radical (unpaired) electrons. The van der Waals surface area contributed by atoms with Crippen molar-refractivity contribution in [2.24, 2.45) is 5.41 Å². The Balaban J connectivity index is 1.15.